The molecule has 0 radical (unpaired) electrons. The van der Waals surface area contributed by atoms with Crippen molar-refractivity contribution in [1.29, 1.82) is 0 Å². The maximum Gasteiger partial charge on any atom is 0.490 e. The summed E-state index contributed by atoms with van der Waals surface area (Å²) in [5.74, 6) is -6.49. The molecular weight excluding hydrogens is 479 g/mol. The predicted octanol–water partition coefficient (Wildman–Crippen LogP) is 1.08. The topological polar surface area (TPSA) is 218 Å². The first-order valence-corrected chi connectivity index (χ1v) is 8.74. The molecule has 33 heavy (non-hydrogen) atoms. The van der Waals surface area contributed by atoms with Gasteiger partial charge in [0.05, 0.1) is 11.4 Å². The van der Waals surface area contributed by atoms with Crippen LogP contribution in [-0.2, 0) is 14.4 Å². The van der Waals surface area contributed by atoms with Crippen molar-refractivity contribution in [3.63, 3.8) is 0 Å². The van der Waals surface area contributed by atoms with Gasteiger partial charge in [0.15, 0.2) is 11.8 Å². The van der Waals surface area contributed by atoms with Crippen LogP contribution in [0.1, 0.15) is 16.8 Å². The van der Waals surface area contributed by atoms with Crippen molar-refractivity contribution in [3.8, 4) is 0 Å². The van der Waals surface area contributed by atoms with Crippen molar-refractivity contribution in [2.45, 2.75) is 18.6 Å². The number of fused-ring (bicyclic) bond motifs is 1. The van der Waals surface area contributed by atoms with Crippen molar-refractivity contribution >= 4 is 58.0 Å². The molecule has 1 unspecified atom stereocenters. The van der Waals surface area contributed by atoms with Gasteiger partial charge in [-0.15, -0.1) is 0 Å². The lowest BCUT2D eigenvalue weighted by Gasteiger charge is -2.13. The van der Waals surface area contributed by atoms with E-state index in [1.165, 1.54) is 24.4 Å². The summed E-state index contributed by atoms with van der Waals surface area (Å²) in [5.41, 5.74) is 10.8. The van der Waals surface area contributed by atoms with Gasteiger partial charge in [-0.2, -0.15) is 18.2 Å². The standard InChI is InChI=1S/C15H14ClN5O5.C2HF3O2/c16-9-5-19-12(21-15(17)18)8-3-6(1-2-7(8)9)13(24)20-10(14(25)26)4-11(22)23;3-2(4,5)1(6)7/h1-3,5,10H,4H2,(H,20,24)(H,22,23)(H,25,26)(H4,17,18,19,21);(H,6,7). The SMILES string of the molecule is NC(N)=Nc1ncc(Cl)c2ccc(C(=O)NC(CC(=O)O)C(=O)O)cc12.O=C(O)C(F)(F)F. The second-order valence-corrected chi connectivity index (χ2v) is 6.40. The molecule has 1 heterocycles. The number of nitrogens with two attached hydrogens (primary N) is 2. The molecule has 0 fully saturated rings. The molecule has 1 amide bonds. The first kappa shape index (κ1) is 26.9. The highest BCUT2D eigenvalue weighted by Crippen LogP contribution is 2.30. The van der Waals surface area contributed by atoms with Crippen molar-refractivity contribution in [2.24, 2.45) is 16.5 Å². The van der Waals surface area contributed by atoms with Gasteiger partial charge in [0.2, 0.25) is 0 Å². The Balaban J connectivity index is 0.000000675. The van der Waals surface area contributed by atoms with E-state index in [0.29, 0.717) is 15.8 Å². The van der Waals surface area contributed by atoms with Crippen LogP contribution in [0.2, 0.25) is 5.02 Å². The van der Waals surface area contributed by atoms with Crippen molar-refractivity contribution in [3.05, 3.63) is 35.0 Å². The summed E-state index contributed by atoms with van der Waals surface area (Å²) >= 11 is 6.06. The van der Waals surface area contributed by atoms with Gasteiger partial charge in [0, 0.05) is 22.5 Å². The summed E-state index contributed by atoms with van der Waals surface area (Å²) in [7, 11) is 0. The Kier molecular flexibility index (Phi) is 8.92. The Morgan fingerprint density at radius 1 is 1.12 bits per heavy atom. The largest absolute Gasteiger partial charge is 0.490 e. The van der Waals surface area contributed by atoms with Gasteiger partial charge in [-0.1, -0.05) is 17.7 Å². The maximum atomic E-state index is 12.3. The number of pyridine rings is 1. The van der Waals surface area contributed by atoms with Gasteiger partial charge in [-0.25, -0.2) is 14.6 Å². The fraction of sp³-hybridized carbons (Fsp3) is 0.176. The zero-order valence-corrected chi connectivity index (χ0v) is 16.9. The summed E-state index contributed by atoms with van der Waals surface area (Å²) in [5, 5.41) is 28.2. The number of aliphatic imine (C=N–C) groups is 1. The summed E-state index contributed by atoms with van der Waals surface area (Å²) in [4.78, 5) is 50.8. The fourth-order valence-corrected chi connectivity index (χ4v) is 2.38. The average Bonchev–Trinajstić information content (AvgIpc) is 2.68. The number of nitrogens with one attached hydrogen (secondary N) is 1. The molecule has 1 aromatic heterocycles. The Morgan fingerprint density at radius 2 is 1.70 bits per heavy atom. The molecule has 12 nitrogen and oxygen atoms in total. The quantitative estimate of drug-likeness (QED) is 0.248. The molecule has 0 saturated carbocycles. The lowest BCUT2D eigenvalue weighted by molar-refractivity contribution is -0.192. The number of benzene rings is 1. The van der Waals surface area contributed by atoms with Crippen molar-refractivity contribution in [2.75, 3.05) is 0 Å². The van der Waals surface area contributed by atoms with E-state index in [1.807, 2.05) is 0 Å². The van der Waals surface area contributed by atoms with Gasteiger partial charge in [0.25, 0.3) is 5.91 Å². The number of guanidine groups is 1. The highest BCUT2D eigenvalue weighted by Gasteiger charge is 2.38. The molecule has 0 bridgehead atoms. The second-order valence-electron chi connectivity index (χ2n) is 5.99. The van der Waals surface area contributed by atoms with E-state index < -0.39 is 42.5 Å². The number of carbonyl (C=O) groups excluding carboxylic acids is 1. The molecule has 0 spiro atoms. The number of carbonyl (C=O) groups is 4. The predicted molar refractivity (Wildman–Crippen MR) is 107 cm³/mol. The third-order valence-electron chi connectivity index (χ3n) is 3.54. The molecule has 2 aromatic rings. The molecule has 0 aliphatic carbocycles. The minimum atomic E-state index is -5.08. The van der Waals surface area contributed by atoms with Gasteiger partial charge in [0.1, 0.15) is 6.04 Å². The van der Waals surface area contributed by atoms with E-state index >= 15 is 0 Å². The molecule has 0 aliphatic rings. The maximum absolute atomic E-state index is 12.3. The molecule has 16 heteroatoms. The summed E-state index contributed by atoms with van der Waals surface area (Å²) in [6.07, 6.45) is -4.50. The van der Waals surface area contributed by atoms with E-state index in [9.17, 15) is 27.6 Å². The molecule has 0 aliphatic heterocycles. The Hall–Kier alpha value is -4.14. The number of hydrogen-bond acceptors (Lipinski definition) is 6. The van der Waals surface area contributed by atoms with Crippen LogP contribution in [0.5, 0.6) is 0 Å². The number of hydrogen-bond donors (Lipinski definition) is 6. The molecule has 0 saturated heterocycles. The summed E-state index contributed by atoms with van der Waals surface area (Å²) in [6.45, 7) is 0. The van der Waals surface area contributed by atoms with Crippen LogP contribution < -0.4 is 16.8 Å². The smallest absolute Gasteiger partial charge is 0.481 e. The monoisotopic (exact) mass is 493 g/mol. The Morgan fingerprint density at radius 3 is 2.15 bits per heavy atom. The third-order valence-corrected chi connectivity index (χ3v) is 3.84. The first-order valence-electron chi connectivity index (χ1n) is 8.37. The van der Waals surface area contributed by atoms with Crippen LogP contribution in [0, 0.1) is 0 Å². The van der Waals surface area contributed by atoms with Crippen LogP contribution in [0.4, 0.5) is 19.0 Å². The zero-order valence-electron chi connectivity index (χ0n) is 16.1. The highest BCUT2D eigenvalue weighted by molar-refractivity contribution is 6.35. The number of halogens is 4. The fourth-order valence-electron chi connectivity index (χ4n) is 2.16. The summed E-state index contributed by atoms with van der Waals surface area (Å²) < 4.78 is 31.7. The number of rotatable bonds is 6. The van der Waals surface area contributed by atoms with E-state index in [-0.39, 0.29) is 17.3 Å². The number of aromatic nitrogens is 1. The number of aliphatic carboxylic acids is 3. The minimum Gasteiger partial charge on any atom is -0.481 e. The average molecular weight is 494 g/mol. The molecule has 2 rings (SSSR count). The molecular formula is C17H15ClF3N5O7. The van der Waals surface area contributed by atoms with Crippen LogP contribution in [0.15, 0.2) is 29.4 Å². The number of amides is 1. The van der Waals surface area contributed by atoms with Gasteiger partial charge < -0.3 is 32.1 Å². The molecule has 1 aromatic carbocycles. The van der Waals surface area contributed by atoms with Crippen LogP contribution in [0.25, 0.3) is 10.8 Å². The Labute approximate surface area is 186 Å². The molecule has 8 N–H and O–H groups in total. The molecule has 178 valence electrons. The van der Waals surface area contributed by atoms with Gasteiger partial charge in [-0.05, 0) is 12.1 Å². The van der Waals surface area contributed by atoms with Crippen molar-refractivity contribution < 1.29 is 47.7 Å². The lowest BCUT2D eigenvalue weighted by atomic mass is 10.1. The van der Waals surface area contributed by atoms with E-state index in [4.69, 9.17) is 43.2 Å². The zero-order chi connectivity index (χ0) is 25.5. The number of nitrogens with zero attached hydrogens (tertiary/aromatic N) is 2. The van der Waals surface area contributed by atoms with Crippen LogP contribution in [0.3, 0.4) is 0 Å². The lowest BCUT2D eigenvalue weighted by Crippen LogP contribution is -2.42. The number of carboxylic acids is 3. The van der Waals surface area contributed by atoms with Gasteiger partial charge >= 0.3 is 24.1 Å². The number of alkyl halides is 3. The van der Waals surface area contributed by atoms with Gasteiger partial charge in [-0.3, -0.25) is 9.59 Å². The van der Waals surface area contributed by atoms with E-state index in [0.717, 1.165) is 0 Å². The Bertz CT molecular complexity index is 1120. The van der Waals surface area contributed by atoms with E-state index in [1.54, 1.807) is 0 Å². The minimum absolute atomic E-state index is 0.0604. The summed E-state index contributed by atoms with van der Waals surface area (Å²) in [6, 6.07) is 2.73. The highest BCUT2D eigenvalue weighted by atomic mass is 35.5. The van der Waals surface area contributed by atoms with Crippen LogP contribution in [-0.4, -0.2) is 62.3 Å². The third kappa shape index (κ3) is 8.13. The first-order chi connectivity index (χ1) is 15.1. The second kappa shape index (κ2) is 10.9. The van der Waals surface area contributed by atoms with Crippen LogP contribution >= 0.6 is 11.6 Å². The molecule has 1 atom stereocenters. The number of carboxylic acid groups (broad SMARTS) is 3. The van der Waals surface area contributed by atoms with Crippen molar-refractivity contribution in [1.82, 2.24) is 10.3 Å². The normalized spacial score (nSPS) is 11.5. The van der Waals surface area contributed by atoms with E-state index in [2.05, 4.69) is 15.3 Å².